The molecular formula is C20H16BrClN2O4S. The largest absolute Gasteiger partial charge is 0.457 e. The first kappa shape index (κ1) is 20.3. The van der Waals surface area contributed by atoms with Gasteiger partial charge < -0.3 is 9.32 Å². The molecule has 2 aromatic rings. The number of hydrogen-bond donors (Lipinski definition) is 0. The lowest BCUT2D eigenvalue weighted by molar-refractivity contribution is -0.135. The minimum absolute atomic E-state index is 0.196. The highest BCUT2D eigenvalue weighted by Crippen LogP contribution is 2.34. The van der Waals surface area contributed by atoms with Crippen molar-refractivity contribution in [3.63, 3.8) is 0 Å². The Labute approximate surface area is 185 Å². The number of halogens is 2. The van der Waals surface area contributed by atoms with Crippen molar-refractivity contribution < 1.29 is 18.8 Å². The maximum atomic E-state index is 12.6. The molecule has 0 radical (unpaired) electrons. The second-order valence-corrected chi connectivity index (χ2v) is 8.94. The van der Waals surface area contributed by atoms with Crippen LogP contribution in [0.15, 0.2) is 44.1 Å². The van der Waals surface area contributed by atoms with E-state index in [2.05, 4.69) is 15.9 Å². The van der Waals surface area contributed by atoms with E-state index in [4.69, 9.17) is 16.0 Å². The van der Waals surface area contributed by atoms with Gasteiger partial charge in [-0.15, -0.1) is 0 Å². The highest BCUT2D eigenvalue weighted by atomic mass is 79.9. The van der Waals surface area contributed by atoms with E-state index in [1.807, 2.05) is 12.1 Å². The first-order chi connectivity index (χ1) is 13.9. The predicted octanol–water partition coefficient (Wildman–Crippen LogP) is 5.02. The smallest absolute Gasteiger partial charge is 0.294 e. The molecular weight excluding hydrogens is 480 g/mol. The summed E-state index contributed by atoms with van der Waals surface area (Å²) < 4.78 is 6.57. The zero-order valence-corrected chi connectivity index (χ0v) is 18.3. The molecule has 29 heavy (non-hydrogen) atoms. The lowest BCUT2D eigenvalue weighted by Crippen LogP contribution is -2.40. The number of rotatable bonds is 4. The van der Waals surface area contributed by atoms with Gasteiger partial charge in [-0.05, 0) is 64.8 Å². The number of amides is 3. The molecule has 2 aliphatic rings. The van der Waals surface area contributed by atoms with Crippen molar-refractivity contribution >= 4 is 62.4 Å². The molecule has 0 unspecified atom stereocenters. The maximum absolute atomic E-state index is 12.6. The Kier molecular flexibility index (Phi) is 5.85. The van der Waals surface area contributed by atoms with Gasteiger partial charge in [0.05, 0.1) is 9.93 Å². The Morgan fingerprint density at radius 3 is 2.69 bits per heavy atom. The monoisotopic (exact) mass is 494 g/mol. The normalized spacial score (nSPS) is 18.3. The summed E-state index contributed by atoms with van der Waals surface area (Å²) in [7, 11) is 0. The van der Waals surface area contributed by atoms with Crippen molar-refractivity contribution in [1.29, 1.82) is 0 Å². The summed E-state index contributed by atoms with van der Waals surface area (Å²) in [4.78, 5) is 40.1. The molecule has 0 atom stereocenters. The van der Waals surface area contributed by atoms with Crippen molar-refractivity contribution in [2.45, 2.75) is 12.8 Å². The Morgan fingerprint density at radius 2 is 1.97 bits per heavy atom. The lowest BCUT2D eigenvalue weighted by Gasteiger charge is -2.18. The maximum Gasteiger partial charge on any atom is 0.294 e. The standard InChI is InChI=1S/C20H16BrClN2O4S/c21-14-5-3-12(9-15(14)22)16-6-4-13(28-16)10-17-19(26)24(20(27)29-17)11-18(25)23-7-1-2-8-23/h3-6,9-10H,1-2,7-8,11H2/b17-10+. The molecule has 0 N–H and O–H groups in total. The number of likely N-dealkylation sites (tertiary alicyclic amines) is 1. The van der Waals surface area contributed by atoms with Gasteiger partial charge in [0.25, 0.3) is 11.1 Å². The minimum atomic E-state index is -0.475. The van der Waals surface area contributed by atoms with Crippen molar-refractivity contribution in [3.8, 4) is 11.3 Å². The van der Waals surface area contributed by atoms with Gasteiger partial charge in [0.15, 0.2) is 0 Å². The zero-order valence-electron chi connectivity index (χ0n) is 15.2. The predicted molar refractivity (Wildman–Crippen MR) is 115 cm³/mol. The van der Waals surface area contributed by atoms with Crippen LogP contribution in [0.5, 0.6) is 0 Å². The number of carbonyl (C=O) groups is 3. The third-order valence-electron chi connectivity index (χ3n) is 4.73. The summed E-state index contributed by atoms with van der Waals surface area (Å²) in [5, 5.41) is 0.115. The van der Waals surface area contributed by atoms with Crippen molar-refractivity contribution in [2.75, 3.05) is 19.6 Å². The van der Waals surface area contributed by atoms with E-state index in [1.165, 1.54) is 6.08 Å². The highest BCUT2D eigenvalue weighted by molar-refractivity contribution is 9.10. The third-order valence-corrected chi connectivity index (χ3v) is 6.87. The van der Waals surface area contributed by atoms with Crippen LogP contribution >= 0.6 is 39.3 Å². The van der Waals surface area contributed by atoms with Crippen LogP contribution < -0.4 is 0 Å². The molecule has 2 saturated heterocycles. The SMILES string of the molecule is O=C(CN1C(=O)S/C(=C/c2ccc(-c3ccc(Br)c(Cl)c3)o2)C1=O)N1CCCC1. The molecule has 0 bridgehead atoms. The molecule has 0 saturated carbocycles. The zero-order chi connectivity index (χ0) is 20.5. The van der Waals surface area contributed by atoms with Gasteiger partial charge in [-0.3, -0.25) is 19.3 Å². The van der Waals surface area contributed by atoms with E-state index >= 15 is 0 Å². The number of imide groups is 1. The van der Waals surface area contributed by atoms with Crippen LogP contribution in [0, 0.1) is 0 Å². The van der Waals surface area contributed by atoms with E-state index in [9.17, 15) is 14.4 Å². The first-order valence-corrected chi connectivity index (χ1v) is 11.0. The van der Waals surface area contributed by atoms with Crippen LogP contribution in [0.3, 0.4) is 0 Å². The summed E-state index contributed by atoms with van der Waals surface area (Å²) >= 11 is 10.3. The second kappa shape index (κ2) is 8.38. The molecule has 1 aromatic heterocycles. The molecule has 4 rings (SSSR count). The summed E-state index contributed by atoms with van der Waals surface area (Å²) in [6.07, 6.45) is 3.44. The van der Waals surface area contributed by atoms with E-state index in [-0.39, 0.29) is 17.4 Å². The fourth-order valence-electron chi connectivity index (χ4n) is 3.20. The molecule has 2 aliphatic heterocycles. The highest BCUT2D eigenvalue weighted by Gasteiger charge is 2.37. The van der Waals surface area contributed by atoms with Crippen LogP contribution in [0.2, 0.25) is 5.02 Å². The molecule has 2 fully saturated rings. The number of nitrogens with zero attached hydrogens (tertiary/aromatic N) is 2. The summed E-state index contributed by atoms with van der Waals surface area (Å²) in [5.74, 6) is 0.361. The van der Waals surface area contributed by atoms with Gasteiger partial charge >= 0.3 is 0 Å². The third kappa shape index (κ3) is 4.29. The van der Waals surface area contributed by atoms with Gasteiger partial charge in [-0.25, -0.2) is 0 Å². The Hall–Kier alpha value is -2.03. The molecule has 6 nitrogen and oxygen atoms in total. The Morgan fingerprint density at radius 1 is 1.21 bits per heavy atom. The Bertz CT molecular complexity index is 1030. The molecule has 0 aliphatic carbocycles. The summed E-state index contributed by atoms with van der Waals surface area (Å²) in [6, 6.07) is 8.94. The first-order valence-electron chi connectivity index (χ1n) is 9.01. The number of hydrogen-bond acceptors (Lipinski definition) is 5. The van der Waals surface area contributed by atoms with Crippen LogP contribution in [0.1, 0.15) is 18.6 Å². The van der Waals surface area contributed by atoms with Gasteiger partial charge in [0.2, 0.25) is 5.91 Å². The van der Waals surface area contributed by atoms with Crippen LogP contribution in [0.4, 0.5) is 4.79 Å². The molecule has 1 aromatic carbocycles. The average Bonchev–Trinajstić information content (AvgIpc) is 3.43. The fourth-order valence-corrected chi connectivity index (χ4v) is 4.45. The summed E-state index contributed by atoms with van der Waals surface area (Å²) in [5.41, 5.74) is 0.794. The number of furan rings is 1. The molecule has 3 amide bonds. The minimum Gasteiger partial charge on any atom is -0.457 e. The fraction of sp³-hybridized carbons (Fsp3) is 0.250. The topological polar surface area (TPSA) is 70.8 Å². The molecule has 0 spiro atoms. The number of thioether (sulfide) groups is 1. The number of benzene rings is 1. The van der Waals surface area contributed by atoms with Gasteiger partial charge in [-0.1, -0.05) is 17.7 Å². The lowest BCUT2D eigenvalue weighted by atomic mass is 10.2. The molecule has 150 valence electrons. The van der Waals surface area contributed by atoms with Gasteiger partial charge in [-0.2, -0.15) is 0 Å². The van der Waals surface area contributed by atoms with E-state index in [0.717, 1.165) is 39.5 Å². The van der Waals surface area contributed by atoms with Crippen LogP contribution in [-0.4, -0.2) is 46.5 Å². The van der Waals surface area contributed by atoms with Crippen molar-refractivity contribution in [1.82, 2.24) is 9.80 Å². The Balaban J connectivity index is 1.49. The molecule has 3 heterocycles. The van der Waals surface area contributed by atoms with Crippen LogP contribution in [0.25, 0.3) is 17.4 Å². The van der Waals surface area contributed by atoms with Crippen molar-refractivity contribution in [3.05, 3.63) is 50.5 Å². The van der Waals surface area contributed by atoms with Gasteiger partial charge in [0, 0.05) is 29.2 Å². The molecule has 9 heteroatoms. The summed E-state index contributed by atoms with van der Waals surface area (Å²) in [6.45, 7) is 1.14. The van der Waals surface area contributed by atoms with E-state index < -0.39 is 11.1 Å². The van der Waals surface area contributed by atoms with Crippen molar-refractivity contribution in [2.24, 2.45) is 0 Å². The average molecular weight is 496 g/mol. The van der Waals surface area contributed by atoms with Gasteiger partial charge in [0.1, 0.15) is 18.1 Å². The quantitative estimate of drug-likeness (QED) is 0.557. The second-order valence-electron chi connectivity index (χ2n) is 6.69. The van der Waals surface area contributed by atoms with Crippen LogP contribution in [-0.2, 0) is 9.59 Å². The van der Waals surface area contributed by atoms with E-state index in [0.29, 0.717) is 29.6 Å². The van der Waals surface area contributed by atoms with E-state index in [1.54, 1.807) is 23.1 Å². The number of carbonyl (C=O) groups excluding carboxylic acids is 3.